The Kier molecular flexibility index (Phi) is 5.60. The number of benzene rings is 1. The Hall–Kier alpha value is -2.67. The number of aromatic nitrogens is 2. The summed E-state index contributed by atoms with van der Waals surface area (Å²) in [5.41, 5.74) is 8.12. The molecule has 2 atom stereocenters. The van der Waals surface area contributed by atoms with Gasteiger partial charge in [0.05, 0.1) is 17.4 Å². The molecule has 3 N–H and O–H groups in total. The van der Waals surface area contributed by atoms with Crippen molar-refractivity contribution >= 4 is 17.3 Å². The molecule has 7 heteroatoms. The smallest absolute Gasteiger partial charge is 0.169 e. The first-order chi connectivity index (χ1) is 12.9. The number of hydrogen-bond donors (Lipinski definition) is 2. The third kappa shape index (κ3) is 3.88. The van der Waals surface area contributed by atoms with Crippen LogP contribution in [0.2, 0.25) is 0 Å². The summed E-state index contributed by atoms with van der Waals surface area (Å²) in [4.78, 5) is 16.5. The van der Waals surface area contributed by atoms with Gasteiger partial charge in [-0.1, -0.05) is 19.1 Å². The van der Waals surface area contributed by atoms with Crippen molar-refractivity contribution in [2.45, 2.75) is 39.3 Å². The molecular weight excluding hydrogens is 342 g/mol. The van der Waals surface area contributed by atoms with Crippen LogP contribution in [0.3, 0.4) is 0 Å². The zero-order valence-electron chi connectivity index (χ0n) is 16.1. The van der Waals surface area contributed by atoms with E-state index in [0.717, 1.165) is 25.3 Å². The monoisotopic (exact) mass is 369 g/mol. The van der Waals surface area contributed by atoms with Crippen LogP contribution in [-0.4, -0.2) is 57.7 Å². The molecule has 144 valence electrons. The summed E-state index contributed by atoms with van der Waals surface area (Å²) in [5.74, 6) is 0.794. The van der Waals surface area contributed by atoms with Crippen molar-refractivity contribution < 1.29 is 9.90 Å². The number of hydrogen-bond acceptors (Lipinski definition) is 7. The van der Waals surface area contributed by atoms with Crippen molar-refractivity contribution in [2.24, 2.45) is 0 Å². The quantitative estimate of drug-likeness (QED) is 0.835. The normalized spacial score (nSPS) is 19.1. The minimum absolute atomic E-state index is 0.0723. The first kappa shape index (κ1) is 19.1. The molecule has 27 heavy (non-hydrogen) atoms. The number of piperazine rings is 1. The Labute approximate surface area is 159 Å². The number of ketones is 1. The van der Waals surface area contributed by atoms with E-state index in [1.165, 1.54) is 0 Å². The molecule has 1 aliphatic heterocycles. The molecule has 1 saturated heterocycles. The second kappa shape index (κ2) is 7.92. The number of aromatic hydroxyl groups is 1. The van der Waals surface area contributed by atoms with Crippen molar-refractivity contribution in [3.8, 4) is 17.0 Å². The second-order valence-corrected chi connectivity index (χ2v) is 7.05. The van der Waals surface area contributed by atoms with E-state index >= 15 is 0 Å². The standard InChI is InChI=1S/C20H27N5O2/c1-4-18(26)14(3)25-10-9-24(12-13(25)2)17-11-16(22-23-20(17)21)15-7-5-6-8-19(15)27/h5-8,11,13-14,27H,4,9-10,12H2,1-3H3,(H2,21,23)/t13-,14?/m1/s1. The Morgan fingerprint density at radius 2 is 2.07 bits per heavy atom. The van der Waals surface area contributed by atoms with E-state index in [0.29, 0.717) is 23.5 Å². The maximum atomic E-state index is 12.1. The van der Waals surface area contributed by atoms with Gasteiger partial charge in [-0.2, -0.15) is 0 Å². The highest BCUT2D eigenvalue weighted by Gasteiger charge is 2.31. The molecule has 0 bridgehead atoms. The van der Waals surface area contributed by atoms with Crippen molar-refractivity contribution in [2.75, 3.05) is 30.3 Å². The lowest BCUT2D eigenvalue weighted by molar-refractivity contribution is -0.124. The third-order valence-corrected chi connectivity index (χ3v) is 5.31. The fraction of sp³-hybridized carbons (Fsp3) is 0.450. The van der Waals surface area contributed by atoms with Crippen LogP contribution < -0.4 is 10.6 Å². The number of phenolic OH excluding ortho intramolecular Hbond substituents is 1. The molecule has 0 amide bonds. The molecule has 2 aromatic rings. The number of phenols is 1. The van der Waals surface area contributed by atoms with Gasteiger partial charge in [-0.15, -0.1) is 10.2 Å². The summed E-state index contributed by atoms with van der Waals surface area (Å²) in [6, 6.07) is 9.06. The van der Waals surface area contributed by atoms with E-state index in [1.807, 2.05) is 26.0 Å². The van der Waals surface area contributed by atoms with Gasteiger partial charge >= 0.3 is 0 Å². The van der Waals surface area contributed by atoms with Gasteiger partial charge in [-0.05, 0) is 32.0 Å². The summed E-state index contributed by atoms with van der Waals surface area (Å²) in [6.07, 6.45) is 0.555. The fourth-order valence-corrected chi connectivity index (χ4v) is 3.71. The number of nitrogen functional groups attached to an aromatic ring is 1. The average molecular weight is 369 g/mol. The number of rotatable bonds is 5. The van der Waals surface area contributed by atoms with E-state index < -0.39 is 0 Å². The SMILES string of the molecule is CCC(=O)C(C)N1CCN(c2cc(-c3ccccc3O)nnc2N)C[C@H]1C. The van der Waals surface area contributed by atoms with Crippen molar-refractivity contribution in [3.05, 3.63) is 30.3 Å². The first-order valence-corrected chi connectivity index (χ1v) is 9.37. The Morgan fingerprint density at radius 1 is 1.33 bits per heavy atom. The van der Waals surface area contributed by atoms with Gasteiger partial charge in [0.2, 0.25) is 0 Å². The average Bonchev–Trinajstić information content (AvgIpc) is 2.67. The molecule has 1 aromatic carbocycles. The molecule has 3 rings (SSSR count). The van der Waals surface area contributed by atoms with Crippen molar-refractivity contribution in [1.82, 2.24) is 15.1 Å². The predicted molar refractivity (Wildman–Crippen MR) is 107 cm³/mol. The molecule has 7 nitrogen and oxygen atoms in total. The van der Waals surface area contributed by atoms with E-state index in [-0.39, 0.29) is 23.6 Å². The number of Topliss-reactive ketones (excluding diaryl/α,β-unsaturated/α-hetero) is 1. The highest BCUT2D eigenvalue weighted by atomic mass is 16.3. The van der Waals surface area contributed by atoms with Crippen LogP contribution in [0.25, 0.3) is 11.3 Å². The number of para-hydroxylation sites is 1. The summed E-state index contributed by atoms with van der Waals surface area (Å²) in [6.45, 7) is 8.29. The number of carbonyl (C=O) groups is 1. The van der Waals surface area contributed by atoms with Crippen LogP contribution in [0.5, 0.6) is 5.75 Å². The summed E-state index contributed by atoms with van der Waals surface area (Å²) in [5, 5.41) is 18.3. The van der Waals surface area contributed by atoms with Crippen molar-refractivity contribution in [3.63, 3.8) is 0 Å². The topological polar surface area (TPSA) is 95.6 Å². The van der Waals surface area contributed by atoms with E-state index in [1.54, 1.807) is 18.2 Å². The molecule has 0 aliphatic carbocycles. The minimum atomic E-state index is -0.0723. The van der Waals surface area contributed by atoms with Crippen LogP contribution in [0.4, 0.5) is 11.5 Å². The molecule has 2 heterocycles. The van der Waals surface area contributed by atoms with Gasteiger partial charge in [0.1, 0.15) is 11.5 Å². The number of anilines is 2. The molecule has 0 spiro atoms. The Morgan fingerprint density at radius 3 is 2.74 bits per heavy atom. The zero-order valence-corrected chi connectivity index (χ0v) is 16.1. The lowest BCUT2D eigenvalue weighted by Gasteiger charge is -2.43. The fourth-order valence-electron chi connectivity index (χ4n) is 3.71. The highest BCUT2D eigenvalue weighted by molar-refractivity contribution is 5.83. The maximum Gasteiger partial charge on any atom is 0.169 e. The molecule has 1 unspecified atom stereocenters. The maximum absolute atomic E-state index is 12.1. The summed E-state index contributed by atoms with van der Waals surface area (Å²) >= 11 is 0. The van der Waals surface area contributed by atoms with Gasteiger partial charge in [0.15, 0.2) is 5.82 Å². The Bertz CT molecular complexity index is 826. The van der Waals surface area contributed by atoms with E-state index in [9.17, 15) is 9.90 Å². The van der Waals surface area contributed by atoms with Crippen LogP contribution in [0.15, 0.2) is 30.3 Å². The van der Waals surface area contributed by atoms with Crippen LogP contribution in [-0.2, 0) is 4.79 Å². The highest BCUT2D eigenvalue weighted by Crippen LogP contribution is 2.32. The first-order valence-electron chi connectivity index (χ1n) is 9.37. The Balaban J connectivity index is 1.83. The number of nitrogens with two attached hydrogens (primary N) is 1. The van der Waals surface area contributed by atoms with E-state index in [2.05, 4.69) is 26.9 Å². The van der Waals surface area contributed by atoms with Gasteiger partial charge in [-0.25, -0.2) is 0 Å². The molecule has 1 aromatic heterocycles. The largest absolute Gasteiger partial charge is 0.507 e. The predicted octanol–water partition coefficient (Wildman–Crippen LogP) is 2.31. The van der Waals surface area contributed by atoms with Gasteiger partial charge < -0.3 is 15.7 Å². The number of carbonyl (C=O) groups excluding carboxylic acids is 1. The van der Waals surface area contributed by atoms with Crippen LogP contribution in [0, 0.1) is 0 Å². The van der Waals surface area contributed by atoms with Gasteiger partial charge in [0.25, 0.3) is 0 Å². The summed E-state index contributed by atoms with van der Waals surface area (Å²) < 4.78 is 0. The van der Waals surface area contributed by atoms with E-state index in [4.69, 9.17) is 5.73 Å². The lowest BCUT2D eigenvalue weighted by atomic mass is 10.0. The molecule has 1 aliphatic rings. The molecule has 0 saturated carbocycles. The zero-order chi connectivity index (χ0) is 19.6. The molecule has 0 radical (unpaired) electrons. The minimum Gasteiger partial charge on any atom is -0.507 e. The lowest BCUT2D eigenvalue weighted by Crippen LogP contribution is -2.56. The summed E-state index contributed by atoms with van der Waals surface area (Å²) in [7, 11) is 0. The van der Waals surface area contributed by atoms with Gasteiger partial charge in [-0.3, -0.25) is 9.69 Å². The molecule has 1 fully saturated rings. The van der Waals surface area contributed by atoms with Crippen LogP contribution in [0.1, 0.15) is 27.2 Å². The third-order valence-electron chi connectivity index (χ3n) is 5.31. The number of nitrogens with zero attached hydrogens (tertiary/aromatic N) is 4. The molecular formula is C20H27N5O2. The van der Waals surface area contributed by atoms with Gasteiger partial charge in [0, 0.05) is 37.7 Å². The second-order valence-electron chi connectivity index (χ2n) is 7.05. The van der Waals surface area contributed by atoms with Crippen LogP contribution >= 0.6 is 0 Å². The van der Waals surface area contributed by atoms with Crippen molar-refractivity contribution in [1.29, 1.82) is 0 Å².